The molecule has 12 heteroatoms. The van der Waals surface area contributed by atoms with Crippen molar-refractivity contribution in [1.82, 2.24) is 21.0 Å². The minimum atomic E-state index is -0.254. The Kier molecular flexibility index (Phi) is 28.1. The predicted octanol–water partition coefficient (Wildman–Crippen LogP) is 1.96. The van der Waals surface area contributed by atoms with E-state index in [0.717, 1.165) is 25.7 Å². The quantitative estimate of drug-likeness (QED) is 0.0778. The van der Waals surface area contributed by atoms with E-state index in [0.29, 0.717) is 77.9 Å². The molecule has 2 atom stereocenters. The first-order valence-electron chi connectivity index (χ1n) is 14.0. The highest BCUT2D eigenvalue weighted by Gasteiger charge is 2.33. The molecule has 0 aromatic heterocycles. The van der Waals surface area contributed by atoms with Crippen LogP contribution in [0.15, 0.2) is 0 Å². The lowest BCUT2D eigenvalue weighted by molar-refractivity contribution is -0.122. The minimum Gasteiger partial charge on any atom is -0.379 e. The van der Waals surface area contributed by atoms with Crippen LogP contribution in [0.2, 0.25) is 0 Å². The average molecular weight is 550 g/mol. The smallest absolute Gasteiger partial charge is 0.317 e. The summed E-state index contributed by atoms with van der Waals surface area (Å²) in [6, 6.07) is 0.828. The summed E-state index contributed by atoms with van der Waals surface area (Å²) >= 11 is 0. The molecule has 0 aromatic carbocycles. The third kappa shape index (κ3) is 21.0. The maximum Gasteiger partial charge on any atom is 0.317 e. The Hall–Kier alpha value is -1.99. The molecule has 0 bridgehead atoms. The second-order valence-corrected chi connectivity index (χ2v) is 8.27. The second-order valence-electron chi connectivity index (χ2n) is 8.27. The largest absolute Gasteiger partial charge is 0.379 e. The first-order valence-corrected chi connectivity index (χ1v) is 14.0. The summed E-state index contributed by atoms with van der Waals surface area (Å²) in [6.07, 6.45) is 4.81. The van der Waals surface area contributed by atoms with Crippen LogP contribution in [0.5, 0.6) is 0 Å². The number of urea groups is 1. The van der Waals surface area contributed by atoms with Crippen LogP contribution in [0, 0.1) is 0 Å². The van der Waals surface area contributed by atoms with Crippen LogP contribution in [0.25, 0.3) is 0 Å². The molecule has 1 aliphatic rings. The summed E-state index contributed by atoms with van der Waals surface area (Å²) in [5, 5.41) is 5.74. The van der Waals surface area contributed by atoms with E-state index in [1.54, 1.807) is 4.90 Å². The summed E-state index contributed by atoms with van der Waals surface area (Å²) in [6.45, 7) is 14.4. The lowest BCUT2D eigenvalue weighted by atomic mass is 10.1. The first kappa shape index (κ1) is 38.2. The van der Waals surface area contributed by atoms with Crippen molar-refractivity contribution < 1.29 is 33.3 Å². The molecule has 4 amide bonds. The zero-order valence-electron chi connectivity index (χ0n) is 24.6. The Balaban J connectivity index is 0. The number of ether oxygens (including phenoxy) is 4. The number of hydrazine groups is 1. The van der Waals surface area contributed by atoms with Gasteiger partial charge in [-0.05, 0) is 19.3 Å². The van der Waals surface area contributed by atoms with Gasteiger partial charge in [-0.1, -0.05) is 41.0 Å². The van der Waals surface area contributed by atoms with Crippen molar-refractivity contribution in [2.24, 2.45) is 5.84 Å². The van der Waals surface area contributed by atoms with Crippen molar-refractivity contribution in [3.63, 3.8) is 0 Å². The van der Waals surface area contributed by atoms with Crippen LogP contribution in [-0.2, 0) is 28.5 Å². The third-order valence-electron chi connectivity index (χ3n) is 5.53. The Morgan fingerprint density at radius 3 is 1.82 bits per heavy atom. The SMILES string of the molecule is CC.CCC1NC(=O)N(C)C1CC.CCCCC(=O)NCCOCCOCCOCCOCCC(=O)NN. The van der Waals surface area contributed by atoms with Crippen LogP contribution < -0.4 is 21.9 Å². The van der Waals surface area contributed by atoms with Crippen molar-refractivity contribution in [2.75, 3.05) is 66.4 Å². The molecule has 2 unspecified atom stereocenters. The van der Waals surface area contributed by atoms with E-state index in [9.17, 15) is 14.4 Å². The number of nitrogens with zero attached hydrogens (tertiary/aromatic N) is 1. The number of amides is 4. The lowest BCUT2D eigenvalue weighted by Crippen LogP contribution is -2.33. The topological polar surface area (TPSA) is 153 Å². The standard InChI is InChI=1S/C16H33N3O6.C8H16N2O.C2H6/c1-2-3-4-15(20)18-6-8-23-10-12-25-14-13-24-11-9-22-7-5-16(21)19-17;1-4-6-7(5-2)10(3)8(11)9-6;1-2/h2-14,17H2,1H3,(H,18,20)(H,19,21);6-7H,4-5H2,1-3H3,(H,9,11);1-2H3. The fraction of sp³-hybridized carbons (Fsp3) is 0.885. The van der Waals surface area contributed by atoms with Gasteiger partial charge in [-0.15, -0.1) is 0 Å². The molecule has 226 valence electrons. The Morgan fingerprint density at radius 2 is 1.37 bits per heavy atom. The molecule has 1 heterocycles. The molecule has 1 aliphatic heterocycles. The van der Waals surface area contributed by atoms with Gasteiger partial charge in [-0.25, -0.2) is 10.6 Å². The number of nitrogens with two attached hydrogens (primary N) is 1. The van der Waals surface area contributed by atoms with E-state index >= 15 is 0 Å². The zero-order chi connectivity index (χ0) is 29.0. The number of hydrogen-bond donors (Lipinski definition) is 4. The highest BCUT2D eigenvalue weighted by molar-refractivity contribution is 5.77. The van der Waals surface area contributed by atoms with Crippen LogP contribution in [0.4, 0.5) is 4.79 Å². The third-order valence-corrected chi connectivity index (χ3v) is 5.53. The summed E-state index contributed by atoms with van der Waals surface area (Å²) in [5.74, 6) is 4.76. The monoisotopic (exact) mass is 549 g/mol. The molecular weight excluding hydrogens is 494 g/mol. The number of nitrogens with one attached hydrogen (secondary N) is 3. The molecule has 0 radical (unpaired) electrons. The predicted molar refractivity (Wildman–Crippen MR) is 149 cm³/mol. The Morgan fingerprint density at radius 1 is 0.842 bits per heavy atom. The van der Waals surface area contributed by atoms with Crippen molar-refractivity contribution >= 4 is 17.8 Å². The van der Waals surface area contributed by atoms with Gasteiger partial charge in [-0.3, -0.25) is 15.0 Å². The molecular formula is C26H55N5O7. The van der Waals surface area contributed by atoms with Gasteiger partial charge < -0.3 is 34.5 Å². The first-order chi connectivity index (χ1) is 18.4. The second kappa shape index (κ2) is 28.0. The van der Waals surface area contributed by atoms with Gasteiger partial charge in [0.15, 0.2) is 0 Å². The molecule has 0 aromatic rings. The molecule has 1 rings (SSSR count). The molecule has 1 saturated heterocycles. The van der Waals surface area contributed by atoms with Crippen molar-refractivity contribution in [2.45, 2.75) is 85.2 Å². The van der Waals surface area contributed by atoms with Crippen LogP contribution >= 0.6 is 0 Å². The number of hydrogen-bond acceptors (Lipinski definition) is 8. The minimum absolute atomic E-state index is 0.0729. The number of carbonyl (C=O) groups excluding carboxylic acids is 3. The van der Waals surface area contributed by atoms with Crippen LogP contribution in [0.3, 0.4) is 0 Å². The van der Waals surface area contributed by atoms with Gasteiger partial charge >= 0.3 is 6.03 Å². The highest BCUT2D eigenvalue weighted by atomic mass is 16.6. The molecule has 38 heavy (non-hydrogen) atoms. The maximum atomic E-state index is 11.3. The summed E-state index contributed by atoms with van der Waals surface area (Å²) in [4.78, 5) is 35.1. The molecule has 0 spiro atoms. The lowest BCUT2D eigenvalue weighted by Gasteiger charge is -2.20. The van der Waals surface area contributed by atoms with Gasteiger partial charge in [0, 0.05) is 20.0 Å². The van der Waals surface area contributed by atoms with Gasteiger partial charge in [-0.2, -0.15) is 0 Å². The van der Waals surface area contributed by atoms with E-state index in [1.165, 1.54) is 0 Å². The fourth-order valence-corrected chi connectivity index (χ4v) is 3.40. The van der Waals surface area contributed by atoms with Gasteiger partial charge in [0.1, 0.15) is 0 Å². The molecule has 0 aliphatic carbocycles. The molecule has 0 saturated carbocycles. The Labute approximate surface area is 230 Å². The number of rotatable bonds is 20. The van der Waals surface area contributed by atoms with Gasteiger partial charge in [0.2, 0.25) is 11.8 Å². The summed E-state index contributed by atoms with van der Waals surface area (Å²) in [7, 11) is 1.86. The zero-order valence-corrected chi connectivity index (χ0v) is 24.6. The normalized spacial score (nSPS) is 16.1. The van der Waals surface area contributed by atoms with E-state index in [1.807, 2.05) is 26.3 Å². The van der Waals surface area contributed by atoms with E-state index in [4.69, 9.17) is 24.8 Å². The van der Waals surface area contributed by atoms with E-state index in [-0.39, 0.29) is 24.3 Å². The number of likely N-dealkylation sites (N-methyl/N-ethyl adjacent to an activating group) is 1. The van der Waals surface area contributed by atoms with Crippen molar-refractivity contribution in [1.29, 1.82) is 0 Å². The van der Waals surface area contributed by atoms with Crippen molar-refractivity contribution in [3.05, 3.63) is 0 Å². The van der Waals surface area contributed by atoms with Crippen molar-refractivity contribution in [3.8, 4) is 0 Å². The van der Waals surface area contributed by atoms with Gasteiger partial charge in [0.05, 0.1) is 71.4 Å². The summed E-state index contributed by atoms with van der Waals surface area (Å²) in [5.41, 5.74) is 2.03. The molecule has 12 nitrogen and oxygen atoms in total. The summed E-state index contributed by atoms with van der Waals surface area (Å²) < 4.78 is 21.2. The molecule has 5 N–H and O–H groups in total. The molecule has 1 fully saturated rings. The maximum absolute atomic E-state index is 11.3. The van der Waals surface area contributed by atoms with Gasteiger partial charge in [0.25, 0.3) is 0 Å². The number of carbonyl (C=O) groups is 3. The Bertz CT molecular complexity index is 584. The van der Waals surface area contributed by atoms with E-state index in [2.05, 4.69) is 31.4 Å². The van der Waals surface area contributed by atoms with Crippen LogP contribution in [0.1, 0.15) is 73.1 Å². The average Bonchev–Trinajstić information content (AvgIpc) is 3.22. The fourth-order valence-electron chi connectivity index (χ4n) is 3.40. The van der Waals surface area contributed by atoms with E-state index < -0.39 is 0 Å². The number of unbranched alkanes of at least 4 members (excludes halogenated alkanes) is 1. The highest BCUT2D eigenvalue weighted by Crippen LogP contribution is 2.16. The van der Waals surface area contributed by atoms with Crippen LogP contribution in [-0.4, -0.2) is 101 Å².